The molecule has 0 bridgehead atoms. The number of tetrazole rings is 1. The minimum atomic E-state index is -0.706. The monoisotopic (exact) mass is 404 g/mol. The average Bonchev–Trinajstić information content (AvgIpc) is 3.05. The maximum atomic E-state index is 11.0. The molecule has 0 atom stereocenters. The van der Waals surface area contributed by atoms with E-state index in [-0.39, 0.29) is 11.4 Å². The summed E-state index contributed by atoms with van der Waals surface area (Å²) in [6.07, 6.45) is 0. The van der Waals surface area contributed by atoms with E-state index < -0.39 is 21.2 Å². The third-order valence-electron chi connectivity index (χ3n) is 3.27. The molecule has 25 heavy (non-hydrogen) atoms. The van der Waals surface area contributed by atoms with Gasteiger partial charge in [0.2, 0.25) is 5.82 Å². The fraction of sp³-hybridized carbons (Fsp3) is 0.0714. The number of hydrogen-bond donors (Lipinski definition) is 0. The number of nitro groups is 2. The molecule has 11 heteroatoms. The maximum Gasteiger partial charge on any atom is 0.277 e. The number of benzene rings is 2. The molecule has 0 fully saturated rings. The third kappa shape index (κ3) is 3.83. The molecule has 0 saturated heterocycles. The number of aromatic nitrogens is 4. The topological polar surface area (TPSA) is 130 Å². The average molecular weight is 405 g/mol. The van der Waals surface area contributed by atoms with E-state index in [9.17, 15) is 20.2 Å². The molecule has 0 radical (unpaired) electrons. The second kappa shape index (κ2) is 6.73. The van der Waals surface area contributed by atoms with Crippen LogP contribution < -0.4 is 0 Å². The molecule has 0 spiro atoms. The van der Waals surface area contributed by atoms with Crippen LogP contribution in [0, 0.1) is 20.2 Å². The molecular weight excluding hydrogens is 396 g/mol. The largest absolute Gasteiger partial charge is 0.277 e. The van der Waals surface area contributed by atoms with Crippen LogP contribution in [-0.2, 0) is 6.54 Å². The van der Waals surface area contributed by atoms with Crippen LogP contribution in [-0.4, -0.2) is 30.1 Å². The van der Waals surface area contributed by atoms with E-state index in [1.165, 1.54) is 16.9 Å². The summed E-state index contributed by atoms with van der Waals surface area (Å²) in [5.74, 6) is 0.0731. The number of nitrogens with zero attached hydrogens (tertiary/aromatic N) is 6. The minimum Gasteiger partial charge on any atom is -0.258 e. The molecule has 0 aliphatic heterocycles. The van der Waals surface area contributed by atoms with Gasteiger partial charge in [-0.1, -0.05) is 28.1 Å². The summed E-state index contributed by atoms with van der Waals surface area (Å²) in [7, 11) is 0. The molecule has 2 aromatic carbocycles. The Morgan fingerprint density at radius 1 is 1.00 bits per heavy atom. The molecule has 1 aromatic heterocycles. The van der Waals surface area contributed by atoms with Gasteiger partial charge in [0, 0.05) is 22.2 Å². The number of non-ortho nitro benzene ring substituents is 2. The Bertz CT molecular complexity index is 924. The lowest BCUT2D eigenvalue weighted by molar-refractivity contribution is -0.394. The summed E-state index contributed by atoms with van der Waals surface area (Å²) in [6, 6.07) is 10.7. The predicted octanol–water partition coefficient (Wildman–Crippen LogP) is 2.97. The SMILES string of the molecule is O=[N+]([O-])c1cc(-c2nnn(Cc3ccc(Br)cc3)n2)cc([N+](=O)[O-])c1. The number of halogens is 1. The molecule has 0 aliphatic rings. The van der Waals surface area contributed by atoms with Crippen molar-refractivity contribution in [1.29, 1.82) is 0 Å². The Labute approximate surface area is 148 Å². The van der Waals surface area contributed by atoms with Gasteiger partial charge in [0.05, 0.1) is 22.5 Å². The van der Waals surface area contributed by atoms with E-state index in [2.05, 4.69) is 31.3 Å². The summed E-state index contributed by atoms with van der Waals surface area (Å²) in [5.41, 5.74) is 0.266. The molecule has 0 aliphatic carbocycles. The molecule has 0 saturated carbocycles. The Morgan fingerprint density at radius 2 is 1.60 bits per heavy atom. The van der Waals surface area contributed by atoms with E-state index in [0.29, 0.717) is 6.54 Å². The van der Waals surface area contributed by atoms with Crippen LogP contribution in [0.25, 0.3) is 11.4 Å². The van der Waals surface area contributed by atoms with Gasteiger partial charge in [0.25, 0.3) is 11.4 Å². The van der Waals surface area contributed by atoms with Crippen LogP contribution in [0.5, 0.6) is 0 Å². The highest BCUT2D eigenvalue weighted by atomic mass is 79.9. The standard InChI is InChI=1S/C14H9BrN6O4/c15-11-3-1-9(2-4-11)8-19-17-14(16-18-19)10-5-12(20(22)23)7-13(6-10)21(24)25/h1-7H,8H2. The van der Waals surface area contributed by atoms with Crippen LogP contribution in [0.1, 0.15) is 5.56 Å². The van der Waals surface area contributed by atoms with Crippen LogP contribution in [0.2, 0.25) is 0 Å². The first-order valence-electron chi connectivity index (χ1n) is 6.89. The lowest BCUT2D eigenvalue weighted by Crippen LogP contribution is -2.03. The van der Waals surface area contributed by atoms with Crippen molar-refractivity contribution in [3.8, 4) is 11.4 Å². The Hall–Kier alpha value is -3.21. The van der Waals surface area contributed by atoms with Crippen molar-refractivity contribution >= 4 is 27.3 Å². The van der Waals surface area contributed by atoms with Gasteiger partial charge in [-0.3, -0.25) is 20.2 Å². The quantitative estimate of drug-likeness (QED) is 0.471. The van der Waals surface area contributed by atoms with Crippen LogP contribution in [0.3, 0.4) is 0 Å². The number of nitro benzene ring substituents is 2. The fourth-order valence-corrected chi connectivity index (χ4v) is 2.38. The van der Waals surface area contributed by atoms with Gasteiger partial charge in [-0.2, -0.15) is 4.80 Å². The zero-order valence-electron chi connectivity index (χ0n) is 12.4. The number of rotatable bonds is 5. The molecule has 0 N–H and O–H groups in total. The van der Waals surface area contributed by atoms with Gasteiger partial charge in [0.15, 0.2) is 0 Å². The van der Waals surface area contributed by atoms with Gasteiger partial charge in [-0.25, -0.2) is 0 Å². The van der Waals surface area contributed by atoms with E-state index in [1.54, 1.807) is 0 Å². The Balaban J connectivity index is 1.92. The lowest BCUT2D eigenvalue weighted by atomic mass is 10.1. The van der Waals surface area contributed by atoms with Gasteiger partial charge < -0.3 is 0 Å². The van der Waals surface area contributed by atoms with Crippen molar-refractivity contribution in [1.82, 2.24) is 20.2 Å². The van der Waals surface area contributed by atoms with Crippen LogP contribution in [0.15, 0.2) is 46.9 Å². The predicted molar refractivity (Wildman–Crippen MR) is 89.8 cm³/mol. The molecule has 126 valence electrons. The number of hydrogen-bond acceptors (Lipinski definition) is 7. The summed E-state index contributed by atoms with van der Waals surface area (Å²) in [5, 5.41) is 33.7. The molecule has 0 unspecified atom stereocenters. The van der Waals surface area contributed by atoms with Crippen LogP contribution in [0.4, 0.5) is 11.4 Å². The third-order valence-corrected chi connectivity index (χ3v) is 3.80. The summed E-state index contributed by atoms with van der Waals surface area (Å²) < 4.78 is 0.937. The van der Waals surface area contributed by atoms with E-state index in [1.807, 2.05) is 24.3 Å². The molecular formula is C14H9BrN6O4. The Morgan fingerprint density at radius 3 is 2.16 bits per heavy atom. The van der Waals surface area contributed by atoms with Gasteiger partial charge in [-0.05, 0) is 22.9 Å². The summed E-state index contributed by atoms with van der Waals surface area (Å²) in [4.78, 5) is 21.8. The van der Waals surface area contributed by atoms with E-state index in [4.69, 9.17) is 0 Å². The van der Waals surface area contributed by atoms with Gasteiger partial charge in [0.1, 0.15) is 0 Å². The van der Waals surface area contributed by atoms with E-state index in [0.717, 1.165) is 16.1 Å². The van der Waals surface area contributed by atoms with Crippen molar-refractivity contribution in [2.45, 2.75) is 6.54 Å². The van der Waals surface area contributed by atoms with Gasteiger partial charge >= 0.3 is 0 Å². The first-order chi connectivity index (χ1) is 11.9. The highest BCUT2D eigenvalue weighted by Gasteiger charge is 2.19. The lowest BCUT2D eigenvalue weighted by Gasteiger charge is -2.00. The van der Waals surface area contributed by atoms with Gasteiger partial charge in [-0.15, -0.1) is 10.2 Å². The molecule has 10 nitrogen and oxygen atoms in total. The highest BCUT2D eigenvalue weighted by molar-refractivity contribution is 9.10. The maximum absolute atomic E-state index is 11.0. The molecule has 1 heterocycles. The van der Waals surface area contributed by atoms with E-state index >= 15 is 0 Å². The fourth-order valence-electron chi connectivity index (χ4n) is 2.11. The van der Waals surface area contributed by atoms with Crippen molar-refractivity contribution in [2.24, 2.45) is 0 Å². The van der Waals surface area contributed by atoms with Crippen molar-refractivity contribution in [3.63, 3.8) is 0 Å². The normalized spacial score (nSPS) is 10.6. The van der Waals surface area contributed by atoms with Crippen molar-refractivity contribution in [3.05, 3.63) is 72.7 Å². The summed E-state index contributed by atoms with van der Waals surface area (Å²) in [6.45, 7) is 0.345. The first kappa shape index (κ1) is 16.6. The second-order valence-corrected chi connectivity index (χ2v) is 5.94. The van der Waals surface area contributed by atoms with Crippen molar-refractivity contribution < 1.29 is 9.85 Å². The highest BCUT2D eigenvalue weighted by Crippen LogP contribution is 2.27. The molecule has 0 amide bonds. The molecule has 3 rings (SSSR count). The smallest absolute Gasteiger partial charge is 0.258 e. The second-order valence-electron chi connectivity index (χ2n) is 5.02. The molecule has 3 aromatic rings. The van der Waals surface area contributed by atoms with Crippen molar-refractivity contribution in [2.75, 3.05) is 0 Å². The van der Waals surface area contributed by atoms with Crippen LogP contribution >= 0.6 is 15.9 Å². The minimum absolute atomic E-state index is 0.0731. The zero-order valence-corrected chi connectivity index (χ0v) is 14.0. The zero-order chi connectivity index (χ0) is 18.0. The first-order valence-corrected chi connectivity index (χ1v) is 7.68. The Kier molecular flexibility index (Phi) is 4.48. The summed E-state index contributed by atoms with van der Waals surface area (Å²) >= 11 is 3.34.